The van der Waals surface area contributed by atoms with E-state index in [4.69, 9.17) is 51.6 Å². The van der Waals surface area contributed by atoms with Crippen molar-refractivity contribution in [2.45, 2.75) is 121 Å². The Balaban J connectivity index is 1.23. The SMILES string of the molecule is CC(=O)O[C@@H]1[C@@H](OP(=O)(O)O)[C@H](OC[C@H](NC(=O)OCc2ccccc2)C(=O)O)OC[C@H]1O[C@@H]1O[C@H](CO[Si](c2ccccc2)(c2ccccc2)C(C)(C)C)[C@H](OC(=O)c2ccc(C)cc2)[C@H](OC(=O)c2ccc(C)cc2)[C@H]1OC(=O)c1ccc(C)cc1. The molecule has 6 aromatic rings. The van der Waals surface area contributed by atoms with Gasteiger partial charge in [0.15, 0.2) is 49.1 Å². The third-order valence-electron chi connectivity index (χ3n) is 14.5. The monoisotopic (exact) mass is 1250 g/mol. The molecule has 466 valence electrons. The number of phosphoric acid groups is 1. The number of amides is 1. The van der Waals surface area contributed by atoms with Crippen LogP contribution in [0.5, 0.6) is 0 Å². The zero-order chi connectivity index (χ0) is 63.3. The second-order valence-corrected chi connectivity index (χ2v) is 27.7. The highest BCUT2D eigenvalue weighted by atomic mass is 31.2. The number of rotatable bonds is 23. The number of alkyl carbamates (subject to hydrolysis) is 1. The molecule has 8 rings (SSSR count). The molecule has 24 heteroatoms. The van der Waals surface area contributed by atoms with Gasteiger partial charge in [0.2, 0.25) is 0 Å². The second-order valence-electron chi connectivity index (χ2n) is 22.2. The molecule has 2 saturated heterocycles. The number of carboxylic acids is 1. The van der Waals surface area contributed by atoms with Crippen LogP contribution in [0, 0.1) is 20.8 Å². The van der Waals surface area contributed by atoms with Gasteiger partial charge in [0.25, 0.3) is 8.32 Å². The lowest BCUT2D eigenvalue weighted by molar-refractivity contribution is -0.340. The molecule has 0 radical (unpaired) electrons. The number of ether oxygens (including phenoxy) is 9. The average Bonchev–Trinajstić information content (AvgIpc) is 1.08. The predicted octanol–water partition coefficient (Wildman–Crippen LogP) is 7.44. The third kappa shape index (κ3) is 17.0. The number of esters is 4. The fourth-order valence-corrected chi connectivity index (χ4v) is 15.3. The number of nitrogens with one attached hydrogen (secondary N) is 1. The molecule has 0 saturated carbocycles. The minimum Gasteiger partial charge on any atom is -0.480 e. The van der Waals surface area contributed by atoms with Crippen molar-refractivity contribution in [1.29, 1.82) is 0 Å². The van der Waals surface area contributed by atoms with E-state index in [0.717, 1.165) is 34.0 Å². The van der Waals surface area contributed by atoms with Crippen LogP contribution in [0.25, 0.3) is 0 Å². The van der Waals surface area contributed by atoms with Gasteiger partial charge >= 0.3 is 43.8 Å². The van der Waals surface area contributed by atoms with Gasteiger partial charge < -0.3 is 67.3 Å². The fraction of sp³-hybridized carbons (Fsp3) is 0.344. The highest BCUT2D eigenvalue weighted by Gasteiger charge is 2.58. The molecule has 2 fully saturated rings. The Morgan fingerprint density at radius 1 is 0.614 bits per heavy atom. The molecule has 2 aliphatic rings. The Hall–Kier alpha value is -7.93. The van der Waals surface area contributed by atoms with Gasteiger partial charge in [0, 0.05) is 6.92 Å². The van der Waals surface area contributed by atoms with Crippen molar-refractivity contribution >= 4 is 62.5 Å². The van der Waals surface area contributed by atoms with Crippen molar-refractivity contribution < 1.29 is 99.8 Å². The minimum absolute atomic E-state index is 0.00537. The Bertz CT molecular complexity index is 3340. The number of aryl methyl sites for hydroxylation is 3. The van der Waals surface area contributed by atoms with Gasteiger partial charge in [-0.15, -0.1) is 0 Å². The Labute approximate surface area is 509 Å². The summed E-state index contributed by atoms with van der Waals surface area (Å²) in [7, 11) is -9.22. The number of carbonyl (C=O) groups excluding carboxylic acids is 5. The molecule has 2 heterocycles. The van der Waals surface area contributed by atoms with E-state index in [1.54, 1.807) is 73.7 Å². The zero-order valence-electron chi connectivity index (χ0n) is 49.3. The van der Waals surface area contributed by atoms with Crippen molar-refractivity contribution in [3.8, 4) is 0 Å². The van der Waals surface area contributed by atoms with E-state index >= 15 is 0 Å². The van der Waals surface area contributed by atoms with Crippen LogP contribution in [0.4, 0.5) is 4.79 Å². The number of aliphatic carboxylic acids is 1. The summed E-state index contributed by atoms with van der Waals surface area (Å²) in [6.07, 6.45) is -18.1. The molecule has 4 N–H and O–H groups in total. The summed E-state index contributed by atoms with van der Waals surface area (Å²) in [6, 6.07) is 44.8. The van der Waals surface area contributed by atoms with E-state index in [1.807, 2.05) is 95.3 Å². The van der Waals surface area contributed by atoms with E-state index in [1.165, 1.54) is 36.4 Å². The first-order valence-corrected chi connectivity index (χ1v) is 31.6. The van der Waals surface area contributed by atoms with Crippen molar-refractivity contribution in [3.63, 3.8) is 0 Å². The molecular formula is C64H70NO21PSi. The van der Waals surface area contributed by atoms with Crippen LogP contribution in [0.2, 0.25) is 5.04 Å². The Morgan fingerprint density at radius 2 is 1.08 bits per heavy atom. The van der Waals surface area contributed by atoms with Gasteiger partial charge in [0.1, 0.15) is 18.8 Å². The highest BCUT2D eigenvalue weighted by molar-refractivity contribution is 7.46. The molecule has 6 aromatic carbocycles. The maximum atomic E-state index is 14.8. The number of hydrogen-bond acceptors (Lipinski definition) is 18. The maximum absolute atomic E-state index is 14.8. The molecule has 0 bridgehead atoms. The predicted molar refractivity (Wildman–Crippen MR) is 318 cm³/mol. The van der Waals surface area contributed by atoms with Crippen LogP contribution >= 0.6 is 7.82 Å². The lowest BCUT2D eigenvalue weighted by atomic mass is 9.97. The average molecular weight is 1250 g/mol. The van der Waals surface area contributed by atoms with Crippen LogP contribution in [0.15, 0.2) is 164 Å². The smallest absolute Gasteiger partial charge is 0.470 e. The molecule has 0 aromatic heterocycles. The van der Waals surface area contributed by atoms with Crippen molar-refractivity contribution in [3.05, 3.63) is 203 Å². The van der Waals surface area contributed by atoms with E-state index in [0.29, 0.717) is 5.56 Å². The fourth-order valence-electron chi connectivity index (χ4n) is 10.2. The summed E-state index contributed by atoms with van der Waals surface area (Å²) in [4.78, 5) is 103. The molecule has 0 unspecified atom stereocenters. The molecule has 88 heavy (non-hydrogen) atoms. The summed E-state index contributed by atoms with van der Waals surface area (Å²) in [5.41, 5.74) is 3.12. The molecule has 2 aliphatic heterocycles. The Morgan fingerprint density at radius 3 is 1.53 bits per heavy atom. The van der Waals surface area contributed by atoms with Crippen LogP contribution in [0.1, 0.15) is 81.0 Å². The number of hydrogen-bond donors (Lipinski definition) is 4. The van der Waals surface area contributed by atoms with Crippen molar-refractivity contribution in [2.24, 2.45) is 0 Å². The first-order chi connectivity index (χ1) is 41.9. The number of carboxylic acid groups (broad SMARTS) is 1. The summed E-state index contributed by atoms with van der Waals surface area (Å²) < 4.78 is 81.2. The molecule has 10 atom stereocenters. The first-order valence-electron chi connectivity index (χ1n) is 28.1. The lowest BCUT2D eigenvalue weighted by Gasteiger charge is -2.48. The first kappa shape index (κ1) is 66.0. The number of benzene rings is 6. The van der Waals surface area contributed by atoms with E-state index in [2.05, 4.69) is 5.32 Å². The largest absolute Gasteiger partial charge is 0.480 e. The van der Waals surface area contributed by atoms with Crippen LogP contribution in [-0.2, 0) is 72.3 Å². The molecule has 0 aliphatic carbocycles. The zero-order valence-corrected chi connectivity index (χ0v) is 51.2. The standard InChI is InChI=1S/C64H70NO21PSi/c1-39-23-29-44(30-24-39)58(69)83-52-51(38-79-88(64(5,6)7,47-19-13-9-14-20-47)48-21-15-10-16-22-48)82-62(55(85-60(71)46-33-27-41(3)28-34-46)54(52)84-59(70)45-31-25-40(2)26-32-45)81-50-37-77-61(56(86-87(73,74)75)53(50)80-42(4)66)76-36-49(57(67)68)65-63(72)78-35-43-17-11-8-12-18-43/h8-34,49-56,61-62H,35-38H2,1-7H3,(H,65,72)(H,67,68)(H2,73,74,75)/t49-,50+,51+,52-,53-,54-,55+,56+,61+,62+/m0/s1. The van der Waals surface area contributed by atoms with E-state index < -0.39 is 138 Å². The minimum atomic E-state index is -5.66. The van der Waals surface area contributed by atoms with E-state index in [-0.39, 0.29) is 23.3 Å². The third-order valence-corrected chi connectivity index (χ3v) is 20.1. The van der Waals surface area contributed by atoms with Crippen molar-refractivity contribution in [2.75, 3.05) is 19.8 Å². The second kappa shape index (κ2) is 29.4. The van der Waals surface area contributed by atoms with Crippen LogP contribution in [-0.4, -0.2) is 140 Å². The highest BCUT2D eigenvalue weighted by Crippen LogP contribution is 2.43. The lowest BCUT2D eigenvalue weighted by Crippen LogP contribution is -2.69. The van der Waals surface area contributed by atoms with Gasteiger partial charge in [-0.3, -0.25) is 9.32 Å². The quantitative estimate of drug-likeness (QED) is 0.0210. The maximum Gasteiger partial charge on any atom is 0.470 e. The molecule has 1 amide bonds. The van der Waals surface area contributed by atoms with Gasteiger partial charge in [-0.2, -0.15) is 0 Å². The summed E-state index contributed by atoms with van der Waals surface area (Å²) in [5.74, 6) is -5.57. The molecule has 0 spiro atoms. The summed E-state index contributed by atoms with van der Waals surface area (Å²) >= 11 is 0. The Kier molecular flexibility index (Phi) is 22.0. The van der Waals surface area contributed by atoms with Gasteiger partial charge in [0.05, 0.1) is 36.5 Å². The topological polar surface area (TPSA) is 294 Å². The number of carbonyl (C=O) groups is 6. The van der Waals surface area contributed by atoms with Crippen molar-refractivity contribution in [1.82, 2.24) is 5.32 Å². The molecule has 22 nitrogen and oxygen atoms in total. The normalized spacial score (nSPS) is 21.6. The summed E-state index contributed by atoms with van der Waals surface area (Å²) in [5, 5.41) is 13.3. The van der Waals surface area contributed by atoms with Gasteiger partial charge in [-0.25, -0.2) is 28.5 Å². The van der Waals surface area contributed by atoms with E-state index in [9.17, 15) is 48.2 Å². The van der Waals surface area contributed by atoms with Gasteiger partial charge in [-0.05, 0) is 78.1 Å². The summed E-state index contributed by atoms with van der Waals surface area (Å²) in [6.45, 7) is 10.1. The van der Waals surface area contributed by atoms with Gasteiger partial charge in [-0.1, -0.05) is 165 Å². The van der Waals surface area contributed by atoms with Crippen LogP contribution < -0.4 is 15.7 Å². The number of phosphoric ester groups is 1. The van der Waals surface area contributed by atoms with Crippen LogP contribution in [0.3, 0.4) is 0 Å². The molecular weight excluding hydrogens is 1180 g/mol.